The molecule has 13 heteroatoms. The first kappa shape index (κ1) is 35.3. The van der Waals surface area contributed by atoms with Crippen LogP contribution in [0.2, 0.25) is 0 Å². The Balaban J connectivity index is 1.88. The van der Waals surface area contributed by atoms with E-state index >= 15 is 8.78 Å². The summed E-state index contributed by atoms with van der Waals surface area (Å²) in [5.41, 5.74) is 0.0323. The average molecular weight is 690 g/mol. The lowest BCUT2D eigenvalue weighted by Crippen LogP contribution is -2.54. The maximum Gasteiger partial charge on any atom is 0.355 e. The first-order chi connectivity index (χ1) is 23.1. The molecule has 0 bridgehead atoms. The predicted molar refractivity (Wildman–Crippen MR) is 188 cm³/mol. The van der Waals surface area contributed by atoms with E-state index in [1.165, 1.54) is 22.8 Å². The molecule has 49 heavy (non-hydrogen) atoms. The normalized spacial score (nSPS) is 15.1. The van der Waals surface area contributed by atoms with Gasteiger partial charge in [0, 0.05) is 37.1 Å². The molecule has 1 fully saturated rings. The van der Waals surface area contributed by atoms with Crippen LogP contribution in [0.1, 0.15) is 37.8 Å². The van der Waals surface area contributed by atoms with Gasteiger partial charge in [-0.1, -0.05) is 33.1 Å². The number of pyridine rings is 1. The number of benzene rings is 2. The molecular formula is C36H38F2N5O5P. The van der Waals surface area contributed by atoms with Gasteiger partial charge in [-0.3, -0.25) is 4.79 Å². The lowest BCUT2D eigenvalue weighted by Gasteiger charge is -2.40. The standard InChI is InChI=1S/C36H38F2N5O5P/c1-9-29(44)41-14-15-42(22(6)19-41)34-25-18-27(38)32(31-26(37)12-11-13-28(31)48-30(45)10-2)39-35(25)43(36(46)40-34)33-21(5)16-23(49(7,8)47)17-24(33)20(3)4/h9-13,16-18,20,22H,1-2,14-15,19H2,3-8H3/t22-/m0/s1. The van der Waals surface area contributed by atoms with E-state index in [0.717, 1.165) is 18.2 Å². The molecule has 1 amide bonds. The van der Waals surface area contributed by atoms with Crippen LogP contribution in [-0.4, -0.2) is 70.3 Å². The van der Waals surface area contributed by atoms with Crippen molar-refractivity contribution in [2.45, 2.75) is 39.7 Å². The van der Waals surface area contributed by atoms with Crippen molar-refractivity contribution in [3.05, 3.63) is 95.0 Å². The summed E-state index contributed by atoms with van der Waals surface area (Å²) in [5.74, 6) is -3.30. The molecule has 2 aromatic carbocycles. The van der Waals surface area contributed by atoms with Crippen molar-refractivity contribution in [2.24, 2.45) is 0 Å². The number of hydrogen-bond acceptors (Lipinski definition) is 8. The largest absolute Gasteiger partial charge is 0.423 e. The number of hydrogen-bond donors (Lipinski definition) is 0. The minimum absolute atomic E-state index is 0.0265. The lowest BCUT2D eigenvalue weighted by atomic mass is 9.97. The zero-order valence-electron chi connectivity index (χ0n) is 28.3. The van der Waals surface area contributed by atoms with Crippen LogP contribution in [0, 0.1) is 18.6 Å². The maximum absolute atomic E-state index is 16.3. The van der Waals surface area contributed by atoms with Crippen molar-refractivity contribution in [3.63, 3.8) is 0 Å². The Hall–Kier alpha value is -4.96. The van der Waals surface area contributed by atoms with Crippen LogP contribution in [-0.2, 0) is 14.2 Å². The van der Waals surface area contributed by atoms with Crippen LogP contribution in [0.4, 0.5) is 14.6 Å². The molecule has 10 nitrogen and oxygen atoms in total. The number of halogens is 2. The van der Waals surface area contributed by atoms with Crippen molar-refractivity contribution in [2.75, 3.05) is 37.9 Å². The van der Waals surface area contributed by atoms with E-state index in [1.807, 2.05) is 25.7 Å². The highest BCUT2D eigenvalue weighted by molar-refractivity contribution is 7.70. The molecule has 0 spiro atoms. The number of rotatable bonds is 8. The van der Waals surface area contributed by atoms with Crippen molar-refractivity contribution < 1.29 is 27.7 Å². The van der Waals surface area contributed by atoms with E-state index in [0.29, 0.717) is 35.2 Å². The minimum atomic E-state index is -2.71. The first-order valence-electron chi connectivity index (χ1n) is 15.7. The van der Waals surface area contributed by atoms with Gasteiger partial charge in [-0.25, -0.2) is 27.9 Å². The van der Waals surface area contributed by atoms with Crippen LogP contribution in [0.25, 0.3) is 28.0 Å². The van der Waals surface area contributed by atoms with Crippen molar-refractivity contribution in [1.82, 2.24) is 19.4 Å². The molecule has 0 N–H and O–H groups in total. The Kier molecular flexibility index (Phi) is 9.75. The fourth-order valence-corrected chi connectivity index (χ4v) is 7.07. The molecule has 5 rings (SSSR count). The van der Waals surface area contributed by atoms with E-state index in [4.69, 9.17) is 4.74 Å². The molecule has 3 heterocycles. The van der Waals surface area contributed by atoms with Crippen LogP contribution in [0.3, 0.4) is 0 Å². The van der Waals surface area contributed by atoms with Gasteiger partial charge < -0.3 is 19.1 Å². The van der Waals surface area contributed by atoms with Gasteiger partial charge in [0.25, 0.3) is 0 Å². The number of piperazine rings is 1. The van der Waals surface area contributed by atoms with Gasteiger partial charge in [-0.2, -0.15) is 4.98 Å². The summed E-state index contributed by atoms with van der Waals surface area (Å²) in [5, 5.41) is 0.784. The topological polar surface area (TPSA) is 115 Å². The van der Waals surface area contributed by atoms with E-state index in [2.05, 4.69) is 23.1 Å². The molecule has 0 unspecified atom stereocenters. The molecule has 1 aliphatic rings. The number of aryl methyl sites for hydroxylation is 1. The van der Waals surface area contributed by atoms with Gasteiger partial charge >= 0.3 is 11.7 Å². The monoisotopic (exact) mass is 689 g/mol. The number of aromatic nitrogens is 3. The summed E-state index contributed by atoms with van der Waals surface area (Å²) < 4.78 is 51.6. The molecular weight excluding hydrogens is 651 g/mol. The Morgan fingerprint density at radius 2 is 1.78 bits per heavy atom. The van der Waals surface area contributed by atoms with Gasteiger partial charge in [0.2, 0.25) is 5.91 Å². The van der Waals surface area contributed by atoms with E-state index in [1.54, 1.807) is 37.3 Å². The van der Waals surface area contributed by atoms with Gasteiger partial charge in [0.1, 0.15) is 30.2 Å². The van der Waals surface area contributed by atoms with E-state index in [-0.39, 0.29) is 47.0 Å². The lowest BCUT2D eigenvalue weighted by molar-refractivity contribution is -0.129. The highest BCUT2D eigenvalue weighted by Crippen LogP contribution is 2.40. The first-order valence-corrected chi connectivity index (χ1v) is 18.3. The number of carbonyl (C=O) groups is 2. The van der Waals surface area contributed by atoms with Gasteiger partial charge in [-0.05, 0) is 80.6 Å². The Morgan fingerprint density at radius 1 is 1.06 bits per heavy atom. The number of fused-ring (bicyclic) bond motifs is 1. The molecule has 2 aromatic heterocycles. The molecule has 4 aromatic rings. The van der Waals surface area contributed by atoms with Gasteiger partial charge in [-0.15, -0.1) is 0 Å². The van der Waals surface area contributed by atoms with Crippen LogP contribution >= 0.6 is 7.14 Å². The summed E-state index contributed by atoms with van der Waals surface area (Å²) >= 11 is 0. The summed E-state index contributed by atoms with van der Waals surface area (Å²) in [6.45, 7) is 18.6. The van der Waals surface area contributed by atoms with Crippen molar-refractivity contribution in [3.8, 4) is 22.7 Å². The quantitative estimate of drug-likeness (QED) is 0.1000. The van der Waals surface area contributed by atoms with Gasteiger partial charge in [0.15, 0.2) is 11.5 Å². The number of anilines is 1. The zero-order chi connectivity index (χ0) is 35.9. The number of ether oxygens (including phenoxy) is 1. The second kappa shape index (κ2) is 13.5. The third-order valence-corrected chi connectivity index (χ3v) is 10.1. The van der Waals surface area contributed by atoms with Crippen LogP contribution in [0.15, 0.2) is 66.5 Å². The highest BCUT2D eigenvalue weighted by Gasteiger charge is 2.31. The number of amides is 1. The SMILES string of the molecule is C=CC(=O)Oc1cccc(F)c1-c1nc2c(cc1F)c(N1CCN(C(=O)C=C)C[C@@H]1C)nc(=O)n2-c1c(C)cc(P(C)(C)=O)cc1C(C)C. The Bertz CT molecular complexity index is 2140. The maximum atomic E-state index is 16.3. The fourth-order valence-electron chi connectivity index (χ4n) is 6.12. The second-order valence-electron chi connectivity index (χ2n) is 12.7. The highest BCUT2D eigenvalue weighted by atomic mass is 31.2. The summed E-state index contributed by atoms with van der Waals surface area (Å²) in [7, 11) is -2.71. The summed E-state index contributed by atoms with van der Waals surface area (Å²) in [6.07, 6.45) is 2.13. The smallest absolute Gasteiger partial charge is 0.355 e. The third-order valence-electron chi connectivity index (χ3n) is 8.56. The molecule has 1 atom stereocenters. The van der Waals surface area contributed by atoms with E-state index in [9.17, 15) is 18.9 Å². The Labute approximate surface area is 283 Å². The second-order valence-corrected chi connectivity index (χ2v) is 15.9. The van der Waals surface area contributed by atoms with Crippen LogP contribution in [0.5, 0.6) is 5.75 Å². The predicted octanol–water partition coefficient (Wildman–Crippen LogP) is 5.72. The zero-order valence-corrected chi connectivity index (χ0v) is 29.2. The van der Waals surface area contributed by atoms with Crippen LogP contribution < -0.4 is 20.6 Å². The molecule has 0 saturated carbocycles. The molecule has 1 aliphatic heterocycles. The number of esters is 1. The average Bonchev–Trinajstić information content (AvgIpc) is 3.04. The van der Waals surface area contributed by atoms with Gasteiger partial charge in [0.05, 0.1) is 16.6 Å². The van der Waals surface area contributed by atoms with E-state index < -0.39 is 41.7 Å². The summed E-state index contributed by atoms with van der Waals surface area (Å²) in [4.78, 5) is 51.3. The fraction of sp³-hybridized carbons (Fsp3) is 0.306. The number of nitrogens with zero attached hydrogens (tertiary/aromatic N) is 5. The van der Waals surface area contributed by atoms with Crippen molar-refractivity contribution in [1.29, 1.82) is 0 Å². The third kappa shape index (κ3) is 6.70. The minimum Gasteiger partial charge on any atom is -0.423 e. The molecule has 256 valence electrons. The number of carbonyl (C=O) groups excluding carboxylic acids is 2. The summed E-state index contributed by atoms with van der Waals surface area (Å²) in [6, 6.07) is 8.04. The molecule has 0 aliphatic carbocycles. The molecule has 1 saturated heterocycles. The Morgan fingerprint density at radius 3 is 2.39 bits per heavy atom. The van der Waals surface area contributed by atoms with Crippen molar-refractivity contribution >= 4 is 41.2 Å². The molecule has 0 radical (unpaired) electrons.